The summed E-state index contributed by atoms with van der Waals surface area (Å²) < 4.78 is 1140. The molecule has 0 rings (SSSR count). The topological polar surface area (TPSA) is 245 Å². The SMILES string of the molecule is O=S(=O)(NS(=O)(=O)C(F)(F)C(F)(F)C(F)(F)C(F)(F)C(F)(F)C(F)(F)F)C(F)(F)C(F)(F)C(F)(F)C(F)(F)C(F)(F)C(F)(F)F.O=S(=O)([N-]S(=O)(=O)C(F)(F)C(F)(F)C(F)(F)C(F)(F)C(F)(F)C(F)(F)F)C(F)(F)C(F)(F)C(F)(F)C(F)(F)C(F)(F)C(F)(F)F.O=S(=O)([N-]S(=O)(=O)C(F)(F)C(F)(F)C(F)(F)C(F)(F)C(F)(F)C(F)(F)F)C(F)(F)C(F)(F)C(F)(F)C(F)(F)C(F)(F)C(F)(F)F.[Zn+2]. The standard InChI is InChI=1S/C12HF26NO4S2.2C12F26NO4S2.Zn/c3*13-1(14,5(21,22)9(29,30)31)3(17,18)7(25,26)11(35,36)44(40,41)39-45(42,43)12(37,38)8(27,28)4(19,20)2(15,16)6(23,24)10(32,33)34;/h39H;;;/q;2*-1;+2. The molecule has 0 aliphatic carbocycles. The molecule has 0 bridgehead atoms. The van der Waals surface area contributed by atoms with E-state index in [1.807, 2.05) is 0 Å². The van der Waals surface area contributed by atoms with Crippen molar-refractivity contribution in [2.24, 2.45) is 0 Å². The minimum atomic E-state index is -9.54. The summed E-state index contributed by atoms with van der Waals surface area (Å²) >= 11 is 0. The first-order valence-corrected chi connectivity index (χ1v) is 35.3. The second-order valence-corrected chi connectivity index (χ2v) is 33.8. The Morgan fingerprint density at radius 3 is 0.272 bits per heavy atom. The smallest absolute Gasteiger partial charge is 0.425 e. The zero-order valence-corrected chi connectivity index (χ0v) is 64.8. The van der Waals surface area contributed by atoms with Gasteiger partial charge in [-0.1, -0.05) is 4.13 Å². The van der Waals surface area contributed by atoms with Gasteiger partial charge in [0, 0.05) is 0 Å². The van der Waals surface area contributed by atoms with Crippen LogP contribution in [-0.2, 0) is 79.6 Å². The van der Waals surface area contributed by atoms with E-state index in [9.17, 15) is 393 Å². The molecule has 0 fully saturated rings. The number of rotatable bonds is 36. The van der Waals surface area contributed by atoms with E-state index in [1.54, 1.807) is 0 Å². The molecule has 0 amide bonds. The van der Waals surface area contributed by atoms with Crippen molar-refractivity contribution in [3.63, 3.8) is 0 Å². The molecular formula is C36HF78N3O12S6Zn. The van der Waals surface area contributed by atoms with E-state index < -0.39 is 283 Å². The molecule has 0 spiro atoms. The summed E-state index contributed by atoms with van der Waals surface area (Å²) in [6.07, 6.45) is -48.9. The second-order valence-electron chi connectivity index (χ2n) is 23.0. The summed E-state index contributed by atoms with van der Waals surface area (Å²) in [6, 6.07) is 0. The van der Waals surface area contributed by atoms with E-state index in [2.05, 4.69) is 0 Å². The van der Waals surface area contributed by atoms with Gasteiger partial charge in [0.05, 0.1) is 0 Å². The fraction of sp³-hybridized carbons (Fsp3) is 1.00. The number of nitrogens with zero attached hydrogens (tertiary/aromatic N) is 2. The van der Waals surface area contributed by atoms with E-state index in [-0.39, 0.29) is 19.5 Å². The predicted octanol–water partition coefficient (Wildman–Crippen LogP) is 21.5. The van der Waals surface area contributed by atoms with Crippen LogP contribution in [0.2, 0.25) is 0 Å². The third-order valence-electron chi connectivity index (χ3n) is 14.0. The monoisotopic (exact) mass is 2400 g/mol. The van der Waals surface area contributed by atoms with Crippen LogP contribution < -0.4 is 4.13 Å². The molecular weight excluding hydrogens is 2410 g/mol. The van der Waals surface area contributed by atoms with Crippen LogP contribution in [0.1, 0.15) is 0 Å². The molecule has 0 saturated heterocycles. The summed E-state index contributed by atoms with van der Waals surface area (Å²) in [6.45, 7) is 0. The Kier molecular flexibility index (Phi) is 34.7. The molecule has 0 atom stereocenters. The van der Waals surface area contributed by atoms with Crippen molar-refractivity contribution in [2.75, 3.05) is 0 Å². The number of halogens is 78. The van der Waals surface area contributed by atoms with Crippen LogP contribution in [0, 0.1) is 0 Å². The van der Waals surface area contributed by atoms with Crippen molar-refractivity contribution in [1.29, 1.82) is 0 Å². The Morgan fingerprint density at radius 1 is 0.118 bits per heavy atom. The Morgan fingerprint density at radius 2 is 0.191 bits per heavy atom. The zero-order chi connectivity index (χ0) is 113. The van der Waals surface area contributed by atoms with Gasteiger partial charge in [-0.25, -0.2) is 50.5 Å². The molecule has 0 saturated carbocycles. The first-order chi connectivity index (χ1) is 56.1. The van der Waals surface area contributed by atoms with E-state index >= 15 is 0 Å². The van der Waals surface area contributed by atoms with Crippen molar-refractivity contribution in [3.05, 3.63) is 8.25 Å². The maximum Gasteiger partial charge on any atom is 2.00 e. The first kappa shape index (κ1) is 137. The summed E-state index contributed by atoms with van der Waals surface area (Å²) in [5.74, 6) is -216. The van der Waals surface area contributed by atoms with Gasteiger partial charge in [0.15, 0.2) is 40.1 Å². The van der Waals surface area contributed by atoms with Crippen LogP contribution in [0.4, 0.5) is 342 Å². The third-order valence-corrected chi connectivity index (χ3v) is 24.4. The van der Waals surface area contributed by atoms with Gasteiger partial charge in [0.2, 0.25) is 0 Å². The second kappa shape index (κ2) is 34.5. The Balaban J connectivity index is -0.000000957. The van der Waals surface area contributed by atoms with Crippen LogP contribution in [0.25, 0.3) is 8.25 Å². The van der Waals surface area contributed by atoms with E-state index in [0.717, 1.165) is 0 Å². The fourth-order valence-electron chi connectivity index (χ4n) is 6.21. The molecule has 0 aromatic carbocycles. The maximum atomic E-state index is 13.7. The number of alkyl halides is 78. The molecule has 1 N–H and O–H groups in total. The van der Waals surface area contributed by atoms with Crippen LogP contribution in [0.15, 0.2) is 0 Å². The van der Waals surface area contributed by atoms with E-state index in [1.165, 1.54) is 0 Å². The van der Waals surface area contributed by atoms with Crippen molar-refractivity contribution in [2.45, 2.75) is 211 Å². The van der Waals surface area contributed by atoms with E-state index in [0.29, 0.717) is 0 Å². The molecule has 0 aliphatic heterocycles. The Labute approximate surface area is 695 Å². The first-order valence-electron chi connectivity index (χ1n) is 26.6. The van der Waals surface area contributed by atoms with Gasteiger partial charge in [0.1, 0.15) is 0 Å². The average Bonchev–Trinajstić information content (AvgIpc) is 0.699. The molecule has 15 nitrogen and oxygen atoms in total. The largest absolute Gasteiger partial charge is 2.00 e. The quantitative estimate of drug-likeness (QED) is 0.0455. The van der Waals surface area contributed by atoms with Gasteiger partial charge < -0.3 is 8.25 Å². The normalized spacial score (nSPS) is 17.0. The number of sulfonamides is 6. The van der Waals surface area contributed by atoms with Gasteiger partial charge >= 0.3 is 230 Å². The van der Waals surface area contributed by atoms with Gasteiger partial charge in [-0.15, -0.1) is 0 Å². The fourth-order valence-corrected chi connectivity index (χ4v) is 14.5. The summed E-state index contributed by atoms with van der Waals surface area (Å²) in [5.41, 5.74) is 0. The molecule has 816 valence electrons. The minimum Gasteiger partial charge on any atom is -0.425 e. The summed E-state index contributed by atoms with van der Waals surface area (Å²) in [5, 5.41) is -53.6. The van der Waals surface area contributed by atoms with Crippen molar-refractivity contribution in [1.82, 2.24) is 4.13 Å². The molecule has 0 unspecified atom stereocenters. The molecule has 0 aliphatic rings. The molecule has 0 aromatic heterocycles. The number of hydrogen-bond donors (Lipinski definition) is 1. The third kappa shape index (κ3) is 18.5. The predicted molar refractivity (Wildman–Crippen MR) is 248 cm³/mol. The van der Waals surface area contributed by atoms with E-state index in [4.69, 9.17) is 0 Å². The number of nitrogens with one attached hydrogen (secondary N) is 1. The molecule has 0 heterocycles. The van der Waals surface area contributed by atoms with Gasteiger partial charge in [-0.05, 0) is 0 Å². The summed E-state index contributed by atoms with van der Waals surface area (Å²) in [4.78, 5) is 0. The minimum absolute atomic E-state index is 0. The van der Waals surface area contributed by atoms with Crippen molar-refractivity contribution in [3.8, 4) is 0 Å². The van der Waals surface area contributed by atoms with Crippen LogP contribution >= 0.6 is 0 Å². The van der Waals surface area contributed by atoms with Crippen LogP contribution in [0.3, 0.4) is 0 Å². The van der Waals surface area contributed by atoms with Crippen molar-refractivity contribution < 1.29 is 412 Å². The van der Waals surface area contributed by atoms with Gasteiger partial charge in [-0.3, -0.25) is 0 Å². The zero-order valence-electron chi connectivity index (χ0n) is 56.9. The molecule has 0 aromatic rings. The number of hydrogen-bond acceptors (Lipinski definition) is 12. The van der Waals surface area contributed by atoms with Crippen molar-refractivity contribution >= 4 is 60.1 Å². The average molecular weight is 2410 g/mol. The summed E-state index contributed by atoms with van der Waals surface area (Å²) in [7, 11) is -57.0. The molecule has 100 heteroatoms. The molecule has 136 heavy (non-hydrogen) atoms. The Hall–Kier alpha value is -5.26. The van der Waals surface area contributed by atoms with Crippen LogP contribution in [0.5, 0.6) is 0 Å². The van der Waals surface area contributed by atoms with Gasteiger partial charge in [0.25, 0.3) is 20.0 Å². The molecule has 0 radical (unpaired) electrons. The van der Waals surface area contributed by atoms with Gasteiger partial charge in [-0.2, -0.15) is 342 Å². The Bertz CT molecular complexity index is 4210. The van der Waals surface area contributed by atoms with Crippen LogP contribution in [-0.4, -0.2) is 261 Å². The maximum absolute atomic E-state index is 13.7.